The fourth-order valence-electron chi connectivity index (χ4n) is 2.99. The number of rotatable bonds is 3. The first kappa shape index (κ1) is 25.2. The molecular formula is C26H34N2OS2. The van der Waals surface area contributed by atoms with E-state index >= 15 is 0 Å². The van der Waals surface area contributed by atoms with Gasteiger partial charge in [0.05, 0.1) is 6.10 Å². The Kier molecular flexibility index (Phi) is 10.9. The first-order chi connectivity index (χ1) is 14.9. The molecule has 3 nitrogen and oxygen atoms in total. The summed E-state index contributed by atoms with van der Waals surface area (Å²) in [4.78, 5) is 2.39. The molecule has 0 aromatic heterocycles. The molecule has 31 heavy (non-hydrogen) atoms. The van der Waals surface area contributed by atoms with Crippen LogP contribution in [0.1, 0.15) is 36.1 Å². The lowest BCUT2D eigenvalue weighted by Crippen LogP contribution is -2.00. The van der Waals surface area contributed by atoms with Crippen molar-refractivity contribution in [3.63, 3.8) is 0 Å². The highest BCUT2D eigenvalue weighted by Gasteiger charge is 2.11. The molecular weight excluding hydrogens is 420 g/mol. The van der Waals surface area contributed by atoms with Gasteiger partial charge in [-0.3, -0.25) is 0 Å². The number of aliphatic hydroxyl groups is 1. The van der Waals surface area contributed by atoms with E-state index in [4.69, 9.17) is 0 Å². The highest BCUT2D eigenvalue weighted by molar-refractivity contribution is 7.99. The maximum Gasteiger partial charge on any atom is 0.0762 e. The van der Waals surface area contributed by atoms with Crippen molar-refractivity contribution in [3.8, 4) is 0 Å². The van der Waals surface area contributed by atoms with Gasteiger partial charge in [-0.25, -0.2) is 0 Å². The fourth-order valence-corrected chi connectivity index (χ4v) is 4.16. The van der Waals surface area contributed by atoms with Gasteiger partial charge >= 0.3 is 0 Å². The maximum absolute atomic E-state index is 9.42. The van der Waals surface area contributed by atoms with Crippen LogP contribution in [-0.4, -0.2) is 25.0 Å². The van der Waals surface area contributed by atoms with Crippen molar-refractivity contribution < 1.29 is 5.11 Å². The Bertz CT molecular complexity index is 864. The molecule has 1 heterocycles. The Morgan fingerprint density at radius 1 is 0.903 bits per heavy atom. The number of hydrogen-bond acceptors (Lipinski definition) is 5. The molecule has 0 bridgehead atoms. The SMILES string of the molecule is CC(O)c1ccc2c(c1)CCCS2.CNc1ccc(C)cc1.CNc1ccc(S)cc1. The zero-order valence-corrected chi connectivity index (χ0v) is 20.6. The van der Waals surface area contributed by atoms with Crippen LogP contribution >= 0.6 is 24.4 Å². The van der Waals surface area contributed by atoms with Crippen LogP contribution in [0.25, 0.3) is 0 Å². The predicted octanol–water partition coefficient (Wildman–Crippen LogP) is 6.83. The molecule has 1 unspecified atom stereocenters. The third kappa shape index (κ3) is 8.90. The lowest BCUT2D eigenvalue weighted by Gasteiger charge is -2.16. The Hall–Kier alpha value is -2.08. The second-order valence-electron chi connectivity index (χ2n) is 7.41. The third-order valence-corrected chi connectivity index (χ3v) is 6.41. The van der Waals surface area contributed by atoms with E-state index in [1.165, 1.54) is 40.3 Å². The van der Waals surface area contributed by atoms with Gasteiger partial charge in [-0.15, -0.1) is 24.4 Å². The molecule has 3 N–H and O–H groups in total. The van der Waals surface area contributed by atoms with Crippen LogP contribution in [0.5, 0.6) is 0 Å². The summed E-state index contributed by atoms with van der Waals surface area (Å²) in [5, 5.41) is 15.5. The monoisotopic (exact) mass is 454 g/mol. The normalized spacial score (nSPS) is 12.8. The number of thioether (sulfide) groups is 1. The minimum absolute atomic E-state index is 0.336. The molecule has 0 saturated carbocycles. The fraction of sp³-hybridized carbons (Fsp3) is 0.308. The summed E-state index contributed by atoms with van der Waals surface area (Å²) in [5.41, 5.74) is 6.04. The average molecular weight is 455 g/mol. The van der Waals surface area contributed by atoms with Crippen molar-refractivity contribution >= 4 is 35.8 Å². The zero-order chi connectivity index (χ0) is 22.6. The van der Waals surface area contributed by atoms with E-state index < -0.39 is 0 Å². The molecule has 0 aliphatic carbocycles. The van der Waals surface area contributed by atoms with E-state index in [9.17, 15) is 5.11 Å². The topological polar surface area (TPSA) is 44.3 Å². The van der Waals surface area contributed by atoms with Crippen LogP contribution in [0.2, 0.25) is 0 Å². The van der Waals surface area contributed by atoms with Gasteiger partial charge in [-0.05, 0) is 86.0 Å². The molecule has 1 aliphatic heterocycles. The molecule has 0 spiro atoms. The molecule has 0 saturated heterocycles. The van der Waals surface area contributed by atoms with Crippen molar-refractivity contribution in [2.75, 3.05) is 30.5 Å². The van der Waals surface area contributed by atoms with Crippen molar-refractivity contribution in [3.05, 3.63) is 83.4 Å². The summed E-state index contributed by atoms with van der Waals surface area (Å²) >= 11 is 6.07. The molecule has 1 atom stereocenters. The molecule has 1 aliphatic rings. The summed E-state index contributed by atoms with van der Waals surface area (Å²) in [5.74, 6) is 1.24. The van der Waals surface area contributed by atoms with E-state index in [1.807, 2.05) is 63.1 Å². The number of hydrogen-bond donors (Lipinski definition) is 4. The number of benzene rings is 3. The van der Waals surface area contributed by atoms with Crippen LogP contribution in [0.3, 0.4) is 0 Å². The highest BCUT2D eigenvalue weighted by atomic mass is 32.2. The van der Waals surface area contributed by atoms with E-state index in [2.05, 4.69) is 66.6 Å². The molecule has 3 aromatic carbocycles. The minimum atomic E-state index is -0.336. The first-order valence-corrected chi connectivity index (χ1v) is 12.0. The molecule has 0 fully saturated rings. The Balaban J connectivity index is 0.000000170. The number of aliphatic hydroxyl groups excluding tert-OH is 1. The number of nitrogens with one attached hydrogen (secondary N) is 2. The van der Waals surface area contributed by atoms with Gasteiger partial charge in [0.2, 0.25) is 0 Å². The van der Waals surface area contributed by atoms with Crippen molar-refractivity contribution in [1.82, 2.24) is 0 Å². The second-order valence-corrected chi connectivity index (χ2v) is 9.06. The largest absolute Gasteiger partial charge is 0.389 e. The summed E-state index contributed by atoms with van der Waals surface area (Å²) < 4.78 is 0. The van der Waals surface area contributed by atoms with E-state index in [0.29, 0.717) is 0 Å². The summed E-state index contributed by atoms with van der Waals surface area (Å²) in [7, 11) is 3.82. The van der Waals surface area contributed by atoms with Gasteiger partial charge in [0.25, 0.3) is 0 Å². The van der Waals surface area contributed by atoms with Crippen LogP contribution in [0, 0.1) is 6.92 Å². The van der Waals surface area contributed by atoms with Crippen molar-refractivity contribution in [2.45, 2.75) is 42.6 Å². The molecule has 4 rings (SSSR count). The van der Waals surface area contributed by atoms with Gasteiger partial charge < -0.3 is 15.7 Å². The summed E-state index contributed by atoms with van der Waals surface area (Å²) in [6.45, 7) is 3.90. The lowest BCUT2D eigenvalue weighted by molar-refractivity contribution is 0.199. The van der Waals surface area contributed by atoms with Gasteiger partial charge in [-0.2, -0.15) is 0 Å². The lowest BCUT2D eigenvalue weighted by atomic mass is 10.0. The van der Waals surface area contributed by atoms with Gasteiger partial charge in [0.15, 0.2) is 0 Å². The molecule has 5 heteroatoms. The van der Waals surface area contributed by atoms with Gasteiger partial charge in [0.1, 0.15) is 0 Å². The average Bonchev–Trinajstić information content (AvgIpc) is 2.80. The number of thiol groups is 1. The van der Waals surface area contributed by atoms with Gasteiger partial charge in [0, 0.05) is 35.3 Å². The summed E-state index contributed by atoms with van der Waals surface area (Å²) in [6.07, 6.45) is 2.10. The van der Waals surface area contributed by atoms with Crippen molar-refractivity contribution in [1.29, 1.82) is 0 Å². The molecule has 0 amide bonds. The minimum Gasteiger partial charge on any atom is -0.389 e. The first-order valence-electron chi connectivity index (χ1n) is 10.6. The number of anilines is 2. The Morgan fingerprint density at radius 3 is 2.03 bits per heavy atom. The Labute approximate surface area is 197 Å². The van der Waals surface area contributed by atoms with Gasteiger partial charge in [-0.1, -0.05) is 29.8 Å². The van der Waals surface area contributed by atoms with Crippen LogP contribution in [0.15, 0.2) is 76.5 Å². The smallest absolute Gasteiger partial charge is 0.0762 e. The number of fused-ring (bicyclic) bond motifs is 1. The van der Waals surface area contributed by atoms with E-state index in [1.54, 1.807) is 0 Å². The summed E-state index contributed by atoms with van der Waals surface area (Å²) in [6, 6.07) is 22.5. The van der Waals surface area contributed by atoms with E-state index in [-0.39, 0.29) is 6.10 Å². The maximum atomic E-state index is 9.42. The zero-order valence-electron chi connectivity index (χ0n) is 18.9. The van der Waals surface area contributed by atoms with Crippen LogP contribution in [-0.2, 0) is 6.42 Å². The second kappa shape index (κ2) is 13.4. The molecule has 3 aromatic rings. The predicted molar refractivity (Wildman–Crippen MR) is 140 cm³/mol. The van der Waals surface area contributed by atoms with Crippen molar-refractivity contribution in [2.24, 2.45) is 0 Å². The number of aryl methyl sites for hydroxylation is 2. The van der Waals surface area contributed by atoms with Crippen LogP contribution in [0.4, 0.5) is 11.4 Å². The van der Waals surface area contributed by atoms with E-state index in [0.717, 1.165) is 16.1 Å². The third-order valence-electron chi connectivity index (χ3n) is 4.91. The molecule has 0 radical (unpaired) electrons. The quantitative estimate of drug-likeness (QED) is 0.327. The molecule has 166 valence electrons. The Morgan fingerprint density at radius 2 is 1.48 bits per heavy atom. The highest BCUT2D eigenvalue weighted by Crippen LogP contribution is 2.31. The van der Waals surface area contributed by atoms with Crippen LogP contribution < -0.4 is 10.6 Å². The standard InChI is InChI=1S/C11H14OS.C8H11N.C7H9NS/c1-8(12)9-4-5-11-10(7-9)3-2-6-13-11;1-7-3-5-8(9-2)6-4-7;1-8-6-2-4-7(9)5-3-6/h4-5,7-8,12H,2-3,6H2,1H3;3-6,9H,1-2H3;2-5,8-9H,1H3.